The van der Waals surface area contributed by atoms with Crippen molar-refractivity contribution in [3.05, 3.63) is 62.2 Å². The van der Waals surface area contributed by atoms with Gasteiger partial charge in [-0.2, -0.15) is 0 Å². The highest BCUT2D eigenvalue weighted by atomic mass is 32.2. The molecule has 4 rings (SSSR count). The second-order valence-electron chi connectivity index (χ2n) is 8.86. The van der Waals surface area contributed by atoms with E-state index < -0.39 is 10.9 Å². The first-order chi connectivity index (χ1) is 15.6. The molecule has 33 heavy (non-hydrogen) atoms. The zero-order valence-corrected chi connectivity index (χ0v) is 19.8. The van der Waals surface area contributed by atoms with Crippen molar-refractivity contribution in [2.75, 3.05) is 6.61 Å². The van der Waals surface area contributed by atoms with Crippen molar-refractivity contribution in [2.45, 2.75) is 57.8 Å². The first-order valence-electron chi connectivity index (χ1n) is 10.8. The van der Waals surface area contributed by atoms with Crippen LogP contribution in [0.5, 0.6) is 11.5 Å². The number of nitrogens with zero attached hydrogens (tertiary/aromatic N) is 1. The van der Waals surface area contributed by atoms with E-state index in [0.717, 1.165) is 34.2 Å². The quantitative estimate of drug-likeness (QED) is 0.486. The molecule has 2 amide bonds. The van der Waals surface area contributed by atoms with Crippen molar-refractivity contribution in [1.82, 2.24) is 5.32 Å². The Morgan fingerprint density at radius 2 is 1.88 bits per heavy atom. The number of thioether (sulfide) groups is 1. The van der Waals surface area contributed by atoms with Gasteiger partial charge in [0.1, 0.15) is 23.7 Å². The minimum Gasteiger partial charge on any atom is -0.489 e. The van der Waals surface area contributed by atoms with E-state index in [9.17, 15) is 19.7 Å². The number of carbonyl (C=O) groups is 2. The number of hydrogen-bond acceptors (Lipinski definition) is 7. The Kier molecular flexibility index (Phi) is 6.09. The molecule has 1 saturated heterocycles. The Morgan fingerprint density at radius 3 is 2.48 bits per heavy atom. The highest BCUT2D eigenvalue weighted by Gasteiger charge is 2.37. The van der Waals surface area contributed by atoms with Gasteiger partial charge in [-0.25, -0.2) is 0 Å². The lowest BCUT2D eigenvalue weighted by molar-refractivity contribution is -0.386. The molecule has 2 aromatic rings. The smallest absolute Gasteiger partial charge is 0.286 e. The summed E-state index contributed by atoms with van der Waals surface area (Å²) in [5.41, 5.74) is 3.56. The number of nitro benzene ring substituents is 1. The van der Waals surface area contributed by atoms with Gasteiger partial charge in [-0.15, -0.1) is 0 Å². The second-order valence-corrected chi connectivity index (χ2v) is 10.0. The van der Waals surface area contributed by atoms with Gasteiger partial charge in [-0.3, -0.25) is 25.0 Å². The Labute approximate surface area is 196 Å². The summed E-state index contributed by atoms with van der Waals surface area (Å²) >= 11 is 1.02. The normalized spacial score (nSPS) is 21.9. The molecular formula is C24H26N2O6S. The summed E-state index contributed by atoms with van der Waals surface area (Å²) in [5.74, 6) is 1.16. The first-order valence-corrected chi connectivity index (χ1v) is 11.7. The van der Waals surface area contributed by atoms with Crippen LogP contribution < -0.4 is 14.8 Å². The van der Waals surface area contributed by atoms with Crippen LogP contribution in [-0.4, -0.2) is 33.5 Å². The summed E-state index contributed by atoms with van der Waals surface area (Å²) in [4.78, 5) is 34.3. The van der Waals surface area contributed by atoms with Gasteiger partial charge in [0.2, 0.25) is 5.91 Å². The van der Waals surface area contributed by atoms with E-state index in [1.165, 1.54) is 0 Å². The van der Waals surface area contributed by atoms with Crippen molar-refractivity contribution in [3.63, 3.8) is 0 Å². The van der Waals surface area contributed by atoms with Gasteiger partial charge in [0.25, 0.3) is 10.9 Å². The summed E-state index contributed by atoms with van der Waals surface area (Å²) in [6.07, 6.45) is 1.84. The van der Waals surface area contributed by atoms with Crippen LogP contribution in [0.2, 0.25) is 0 Å². The number of ether oxygens (including phenoxy) is 2. The lowest BCUT2D eigenvalue weighted by atomic mass is 9.87. The number of imide groups is 1. The molecule has 0 bridgehead atoms. The Bertz CT molecular complexity index is 1150. The summed E-state index contributed by atoms with van der Waals surface area (Å²) in [7, 11) is 0. The number of nitro groups is 1. The Morgan fingerprint density at radius 1 is 1.18 bits per heavy atom. The lowest BCUT2D eigenvalue weighted by Gasteiger charge is -2.37. The van der Waals surface area contributed by atoms with Gasteiger partial charge in [0.05, 0.1) is 10.2 Å². The molecule has 1 fully saturated rings. The highest BCUT2D eigenvalue weighted by Crippen LogP contribution is 2.43. The number of rotatable bonds is 6. The molecule has 0 spiro atoms. The maximum absolute atomic E-state index is 11.7. The van der Waals surface area contributed by atoms with E-state index in [-0.39, 0.29) is 21.8 Å². The van der Waals surface area contributed by atoms with E-state index in [0.29, 0.717) is 42.7 Å². The topological polar surface area (TPSA) is 108 Å². The van der Waals surface area contributed by atoms with Crippen LogP contribution in [0.4, 0.5) is 10.5 Å². The number of fused-ring (bicyclic) bond motifs is 1. The van der Waals surface area contributed by atoms with E-state index in [1.54, 1.807) is 13.8 Å². The molecule has 9 heteroatoms. The van der Waals surface area contributed by atoms with Crippen LogP contribution in [0.3, 0.4) is 0 Å². The van der Waals surface area contributed by atoms with Gasteiger partial charge in [0.15, 0.2) is 0 Å². The van der Waals surface area contributed by atoms with Crippen LogP contribution in [0.25, 0.3) is 0 Å². The maximum atomic E-state index is 11.7. The molecule has 0 saturated carbocycles. The molecule has 2 aromatic carbocycles. The fourth-order valence-corrected chi connectivity index (χ4v) is 5.23. The molecule has 1 N–H and O–H groups in total. The standard InChI is InChI=1S/C24H26N2O6S/c1-13-14(2)21-18(15(3)20(13)26(29)30)9-10-24(4,32-21)12-31-17-7-5-16(6-8-17)11-19-22(27)25-23(28)33-19/h5-8,19H,9-12H2,1-4H3,(H,25,27,28). The highest BCUT2D eigenvalue weighted by molar-refractivity contribution is 8.15. The largest absolute Gasteiger partial charge is 0.489 e. The molecule has 0 aromatic heterocycles. The zero-order valence-electron chi connectivity index (χ0n) is 19.0. The van der Waals surface area contributed by atoms with E-state index >= 15 is 0 Å². The van der Waals surface area contributed by atoms with E-state index in [2.05, 4.69) is 5.32 Å². The predicted molar refractivity (Wildman–Crippen MR) is 125 cm³/mol. The third kappa shape index (κ3) is 4.55. The van der Waals surface area contributed by atoms with Crippen molar-refractivity contribution in [3.8, 4) is 11.5 Å². The van der Waals surface area contributed by atoms with Gasteiger partial charge < -0.3 is 9.47 Å². The molecule has 2 aliphatic heterocycles. The van der Waals surface area contributed by atoms with Gasteiger partial charge in [-0.1, -0.05) is 23.9 Å². The van der Waals surface area contributed by atoms with Crippen LogP contribution in [0.15, 0.2) is 24.3 Å². The average Bonchev–Trinajstić information content (AvgIpc) is 3.08. The minimum absolute atomic E-state index is 0.174. The first kappa shape index (κ1) is 23.1. The summed E-state index contributed by atoms with van der Waals surface area (Å²) in [6.45, 7) is 7.73. The predicted octanol–water partition coefficient (Wildman–Crippen LogP) is 4.58. The summed E-state index contributed by atoms with van der Waals surface area (Å²) in [5, 5.41) is 13.1. The Hall–Kier alpha value is -3.07. The van der Waals surface area contributed by atoms with Gasteiger partial charge in [-0.05, 0) is 64.7 Å². The molecule has 174 valence electrons. The van der Waals surface area contributed by atoms with Crippen LogP contribution in [0.1, 0.15) is 41.2 Å². The van der Waals surface area contributed by atoms with Crippen molar-refractivity contribution in [1.29, 1.82) is 0 Å². The number of hydrogen-bond donors (Lipinski definition) is 1. The van der Waals surface area contributed by atoms with Crippen molar-refractivity contribution < 1.29 is 24.0 Å². The van der Waals surface area contributed by atoms with Crippen LogP contribution >= 0.6 is 11.8 Å². The summed E-state index contributed by atoms with van der Waals surface area (Å²) < 4.78 is 12.4. The molecule has 8 nitrogen and oxygen atoms in total. The van der Waals surface area contributed by atoms with Crippen LogP contribution in [0, 0.1) is 30.9 Å². The molecule has 0 aliphatic carbocycles. The minimum atomic E-state index is -0.565. The average molecular weight is 471 g/mol. The summed E-state index contributed by atoms with van der Waals surface area (Å²) in [6, 6.07) is 7.47. The third-order valence-electron chi connectivity index (χ3n) is 6.43. The molecule has 2 unspecified atom stereocenters. The lowest BCUT2D eigenvalue weighted by Crippen LogP contribution is -2.42. The van der Waals surface area contributed by atoms with Crippen molar-refractivity contribution in [2.24, 2.45) is 0 Å². The van der Waals surface area contributed by atoms with E-state index in [4.69, 9.17) is 9.47 Å². The SMILES string of the molecule is Cc1c(C)c([N+](=O)[O-])c(C)c2c1OC(C)(COc1ccc(CC3SC(=O)NC3=O)cc1)CC2. The second kappa shape index (κ2) is 8.70. The molecule has 2 heterocycles. The fourth-order valence-electron chi connectivity index (χ4n) is 4.37. The van der Waals surface area contributed by atoms with Crippen LogP contribution in [-0.2, 0) is 17.6 Å². The molecule has 2 aliphatic rings. The third-order valence-corrected chi connectivity index (χ3v) is 7.41. The number of benzene rings is 2. The number of nitrogens with one attached hydrogen (secondary N) is 1. The number of carbonyl (C=O) groups excluding carboxylic acids is 2. The molecular weight excluding hydrogens is 444 g/mol. The molecule has 2 atom stereocenters. The maximum Gasteiger partial charge on any atom is 0.286 e. The van der Waals surface area contributed by atoms with E-state index in [1.807, 2.05) is 38.1 Å². The van der Waals surface area contributed by atoms with Crippen molar-refractivity contribution >= 4 is 28.6 Å². The monoisotopic (exact) mass is 470 g/mol. The Balaban J connectivity index is 1.43. The fraction of sp³-hybridized carbons (Fsp3) is 0.417. The number of amides is 2. The van der Waals surface area contributed by atoms with Gasteiger partial charge >= 0.3 is 0 Å². The zero-order chi connectivity index (χ0) is 23.9. The molecule has 0 radical (unpaired) electrons. The van der Waals surface area contributed by atoms with Gasteiger partial charge in [0, 0.05) is 22.3 Å².